The normalized spacial score (nSPS) is 19.9. The predicted octanol–water partition coefficient (Wildman–Crippen LogP) is 3.26. The van der Waals surface area contributed by atoms with Crippen LogP contribution in [0.25, 0.3) is 0 Å². The summed E-state index contributed by atoms with van der Waals surface area (Å²) in [4.78, 5) is 2.34. The van der Waals surface area contributed by atoms with Gasteiger partial charge < -0.3 is 10.0 Å². The number of piperidine rings is 1. The molecule has 2 nitrogen and oxygen atoms in total. The molecular weight excluding hydrogens is 265 g/mol. The van der Waals surface area contributed by atoms with Gasteiger partial charge in [-0.25, -0.2) is 4.39 Å². The van der Waals surface area contributed by atoms with Crippen LogP contribution in [0.1, 0.15) is 32.3 Å². The van der Waals surface area contributed by atoms with Gasteiger partial charge in [-0.3, -0.25) is 0 Å². The summed E-state index contributed by atoms with van der Waals surface area (Å²) in [6.45, 7) is 6.02. The summed E-state index contributed by atoms with van der Waals surface area (Å²) in [5.41, 5.74) is -0.301. The molecular formula is C15H21ClFNO. The van der Waals surface area contributed by atoms with Gasteiger partial charge in [-0.15, -0.1) is 0 Å². The summed E-state index contributed by atoms with van der Waals surface area (Å²) < 4.78 is 13.9. The summed E-state index contributed by atoms with van der Waals surface area (Å²) in [5.74, 6) is -0.399. The van der Waals surface area contributed by atoms with Gasteiger partial charge in [0.05, 0.1) is 10.6 Å². The maximum Gasteiger partial charge on any atom is 0.145 e. The minimum atomic E-state index is -0.809. The number of hydrogen-bond acceptors (Lipinski definition) is 2. The zero-order valence-electron chi connectivity index (χ0n) is 11.5. The van der Waals surface area contributed by atoms with Crippen molar-refractivity contribution < 1.29 is 9.50 Å². The summed E-state index contributed by atoms with van der Waals surface area (Å²) in [6.07, 6.45) is 1.69. The maximum atomic E-state index is 13.9. The zero-order chi connectivity index (χ0) is 14.0. The molecule has 1 N–H and O–H groups in total. The van der Waals surface area contributed by atoms with Gasteiger partial charge in [-0.2, -0.15) is 0 Å². The highest BCUT2D eigenvalue weighted by Crippen LogP contribution is 2.29. The molecule has 1 saturated heterocycles. The first-order valence-electron chi connectivity index (χ1n) is 6.81. The molecule has 19 heavy (non-hydrogen) atoms. The van der Waals surface area contributed by atoms with Crippen molar-refractivity contribution in [3.05, 3.63) is 34.6 Å². The first-order chi connectivity index (χ1) is 8.91. The first-order valence-corrected chi connectivity index (χ1v) is 7.18. The highest BCUT2D eigenvalue weighted by molar-refractivity contribution is 6.30. The van der Waals surface area contributed by atoms with Gasteiger partial charge in [0.25, 0.3) is 0 Å². The largest absolute Gasteiger partial charge is 0.389 e. The van der Waals surface area contributed by atoms with Crippen LogP contribution in [0.2, 0.25) is 5.02 Å². The fourth-order valence-corrected chi connectivity index (χ4v) is 2.87. The van der Waals surface area contributed by atoms with E-state index in [1.165, 1.54) is 6.07 Å². The van der Waals surface area contributed by atoms with E-state index in [4.69, 9.17) is 11.6 Å². The van der Waals surface area contributed by atoms with Gasteiger partial charge in [-0.1, -0.05) is 23.7 Å². The molecule has 106 valence electrons. The molecule has 1 aliphatic heterocycles. The van der Waals surface area contributed by atoms with E-state index in [-0.39, 0.29) is 5.02 Å². The Morgan fingerprint density at radius 1 is 1.37 bits per heavy atom. The minimum Gasteiger partial charge on any atom is -0.389 e. The summed E-state index contributed by atoms with van der Waals surface area (Å²) in [5, 5.41) is 10.7. The van der Waals surface area contributed by atoms with Gasteiger partial charge in [0, 0.05) is 25.6 Å². The van der Waals surface area contributed by atoms with Gasteiger partial charge >= 0.3 is 0 Å². The third-order valence-electron chi connectivity index (χ3n) is 4.01. The topological polar surface area (TPSA) is 23.5 Å². The quantitative estimate of drug-likeness (QED) is 0.921. The standard InChI is InChI=1S/C15H21ClFNO/c1-11(2)18-8-6-15(19,7-9-18)10-12-4-3-5-13(16)14(12)17/h3-5,11,19H,6-10H2,1-2H3. The number of rotatable bonds is 3. The van der Waals surface area contributed by atoms with Crippen molar-refractivity contribution in [3.63, 3.8) is 0 Å². The van der Waals surface area contributed by atoms with Crippen LogP contribution in [0.4, 0.5) is 4.39 Å². The molecule has 0 unspecified atom stereocenters. The number of aliphatic hydroxyl groups is 1. The van der Waals surface area contributed by atoms with Crippen molar-refractivity contribution in [2.24, 2.45) is 0 Å². The Balaban J connectivity index is 2.05. The molecule has 0 spiro atoms. The predicted molar refractivity (Wildman–Crippen MR) is 76.0 cm³/mol. The number of hydrogen-bond donors (Lipinski definition) is 1. The molecule has 1 aromatic carbocycles. The van der Waals surface area contributed by atoms with Crippen LogP contribution in [0, 0.1) is 5.82 Å². The minimum absolute atomic E-state index is 0.126. The van der Waals surface area contributed by atoms with Crippen molar-refractivity contribution in [1.29, 1.82) is 0 Å². The SMILES string of the molecule is CC(C)N1CCC(O)(Cc2cccc(Cl)c2F)CC1. The number of nitrogens with zero attached hydrogens (tertiary/aromatic N) is 1. The van der Waals surface area contributed by atoms with Crippen LogP contribution in [0.5, 0.6) is 0 Å². The highest BCUT2D eigenvalue weighted by Gasteiger charge is 2.33. The van der Waals surface area contributed by atoms with E-state index in [1.807, 2.05) is 0 Å². The fourth-order valence-electron chi connectivity index (χ4n) is 2.67. The van der Waals surface area contributed by atoms with Crippen LogP contribution < -0.4 is 0 Å². The fraction of sp³-hybridized carbons (Fsp3) is 0.600. The lowest BCUT2D eigenvalue weighted by Gasteiger charge is -2.40. The van der Waals surface area contributed by atoms with E-state index in [0.717, 1.165) is 13.1 Å². The number of likely N-dealkylation sites (tertiary alicyclic amines) is 1. The third kappa shape index (κ3) is 3.47. The smallest absolute Gasteiger partial charge is 0.145 e. The second-order valence-electron chi connectivity index (χ2n) is 5.74. The van der Waals surface area contributed by atoms with E-state index in [2.05, 4.69) is 18.7 Å². The number of halogens is 2. The van der Waals surface area contributed by atoms with Gasteiger partial charge in [0.2, 0.25) is 0 Å². The lowest BCUT2D eigenvalue weighted by atomic mass is 9.85. The van der Waals surface area contributed by atoms with E-state index < -0.39 is 11.4 Å². The average molecular weight is 286 g/mol. The molecule has 2 rings (SSSR count). The molecule has 0 aromatic heterocycles. The first kappa shape index (κ1) is 14.8. The average Bonchev–Trinajstić information content (AvgIpc) is 2.35. The molecule has 0 bridgehead atoms. The molecule has 0 saturated carbocycles. The molecule has 0 radical (unpaired) electrons. The van der Waals surface area contributed by atoms with Gasteiger partial charge in [-0.05, 0) is 38.3 Å². The molecule has 0 atom stereocenters. The van der Waals surface area contributed by atoms with Crippen LogP contribution in [-0.4, -0.2) is 34.7 Å². The third-order valence-corrected chi connectivity index (χ3v) is 4.30. The maximum absolute atomic E-state index is 13.9. The van der Waals surface area contributed by atoms with E-state index in [9.17, 15) is 9.50 Å². The molecule has 4 heteroatoms. The van der Waals surface area contributed by atoms with Crippen LogP contribution >= 0.6 is 11.6 Å². The highest BCUT2D eigenvalue weighted by atomic mass is 35.5. The van der Waals surface area contributed by atoms with Crippen molar-refractivity contribution in [1.82, 2.24) is 4.90 Å². The Morgan fingerprint density at radius 3 is 2.58 bits per heavy atom. The second kappa shape index (κ2) is 5.78. The Hall–Kier alpha value is -0.640. The lowest BCUT2D eigenvalue weighted by Crippen LogP contribution is -2.47. The van der Waals surface area contributed by atoms with Crippen LogP contribution in [0.15, 0.2) is 18.2 Å². The summed E-state index contributed by atoms with van der Waals surface area (Å²) in [6, 6.07) is 5.46. The van der Waals surface area contributed by atoms with E-state index in [1.54, 1.807) is 12.1 Å². The number of benzene rings is 1. The Labute approximate surface area is 119 Å². The molecule has 0 amide bonds. The van der Waals surface area contributed by atoms with Crippen molar-refractivity contribution in [3.8, 4) is 0 Å². The molecule has 0 aliphatic carbocycles. The Kier molecular flexibility index (Phi) is 4.49. The van der Waals surface area contributed by atoms with Gasteiger partial charge in [0.1, 0.15) is 5.82 Å². The van der Waals surface area contributed by atoms with E-state index in [0.29, 0.717) is 30.9 Å². The van der Waals surface area contributed by atoms with E-state index >= 15 is 0 Å². The second-order valence-corrected chi connectivity index (χ2v) is 6.15. The lowest BCUT2D eigenvalue weighted by molar-refractivity contribution is -0.0276. The van der Waals surface area contributed by atoms with Crippen molar-refractivity contribution in [2.75, 3.05) is 13.1 Å². The van der Waals surface area contributed by atoms with Crippen molar-refractivity contribution >= 4 is 11.6 Å². The van der Waals surface area contributed by atoms with Crippen LogP contribution in [0.3, 0.4) is 0 Å². The monoisotopic (exact) mass is 285 g/mol. The molecule has 1 aliphatic rings. The molecule has 1 aromatic rings. The molecule has 1 fully saturated rings. The van der Waals surface area contributed by atoms with Crippen molar-refractivity contribution in [2.45, 2.75) is 44.8 Å². The Bertz CT molecular complexity index is 442. The van der Waals surface area contributed by atoms with Crippen LogP contribution in [-0.2, 0) is 6.42 Å². The summed E-state index contributed by atoms with van der Waals surface area (Å²) in [7, 11) is 0. The van der Waals surface area contributed by atoms with Gasteiger partial charge in [0.15, 0.2) is 0 Å². The summed E-state index contributed by atoms with van der Waals surface area (Å²) >= 11 is 5.78. The molecule has 1 heterocycles. The zero-order valence-corrected chi connectivity index (χ0v) is 12.3. The Morgan fingerprint density at radius 2 is 2.00 bits per heavy atom.